The van der Waals surface area contributed by atoms with Crippen LogP contribution in [-0.2, 0) is 17.9 Å². The van der Waals surface area contributed by atoms with Crippen molar-refractivity contribution in [3.05, 3.63) is 70.6 Å². The van der Waals surface area contributed by atoms with Gasteiger partial charge in [-0.1, -0.05) is 24.6 Å². The minimum absolute atomic E-state index is 0.0964. The normalized spacial score (nSPS) is 11.2. The van der Waals surface area contributed by atoms with Crippen LogP contribution in [0.3, 0.4) is 0 Å². The SMILES string of the molecule is CCCN(CC(=O)NCc1ccc(-c2ccc(Cl)cc2)o1)Cc1nnc(-c2cccs2)o1. The van der Waals surface area contributed by atoms with Gasteiger partial charge in [-0.3, -0.25) is 9.69 Å². The lowest BCUT2D eigenvalue weighted by Crippen LogP contribution is -2.37. The molecule has 0 aliphatic carbocycles. The Bertz CT molecular complexity index is 1140. The van der Waals surface area contributed by atoms with E-state index in [-0.39, 0.29) is 12.5 Å². The average molecular weight is 471 g/mol. The molecule has 0 atom stereocenters. The molecular formula is C23H23ClN4O3S. The number of nitrogens with zero attached hydrogens (tertiary/aromatic N) is 3. The van der Waals surface area contributed by atoms with Crippen molar-refractivity contribution in [3.8, 4) is 22.1 Å². The molecule has 0 unspecified atom stereocenters. The van der Waals surface area contributed by atoms with Crippen LogP contribution < -0.4 is 5.32 Å². The highest BCUT2D eigenvalue weighted by molar-refractivity contribution is 7.13. The summed E-state index contributed by atoms with van der Waals surface area (Å²) < 4.78 is 11.6. The number of amides is 1. The van der Waals surface area contributed by atoms with E-state index < -0.39 is 0 Å². The Hall–Kier alpha value is -2.94. The van der Waals surface area contributed by atoms with E-state index in [4.69, 9.17) is 20.4 Å². The molecule has 4 aromatic rings. The van der Waals surface area contributed by atoms with Gasteiger partial charge in [-0.05, 0) is 60.8 Å². The van der Waals surface area contributed by atoms with Gasteiger partial charge in [0.05, 0.1) is 24.5 Å². The first kappa shape index (κ1) is 22.3. The molecule has 0 radical (unpaired) electrons. The molecule has 0 spiro atoms. The first-order chi connectivity index (χ1) is 15.6. The summed E-state index contributed by atoms with van der Waals surface area (Å²) in [6, 6.07) is 15.0. The van der Waals surface area contributed by atoms with Gasteiger partial charge in [0.15, 0.2) is 0 Å². The van der Waals surface area contributed by atoms with E-state index in [1.54, 1.807) is 11.3 Å². The molecule has 0 fully saturated rings. The zero-order valence-corrected chi connectivity index (χ0v) is 19.2. The Morgan fingerprint density at radius 2 is 1.97 bits per heavy atom. The maximum Gasteiger partial charge on any atom is 0.257 e. The molecule has 1 aromatic carbocycles. The fourth-order valence-corrected chi connectivity index (χ4v) is 4.00. The van der Waals surface area contributed by atoms with Gasteiger partial charge in [0.2, 0.25) is 11.8 Å². The Labute approximate surface area is 195 Å². The van der Waals surface area contributed by atoms with Gasteiger partial charge in [-0.15, -0.1) is 21.5 Å². The zero-order chi connectivity index (χ0) is 22.3. The monoisotopic (exact) mass is 470 g/mol. The van der Waals surface area contributed by atoms with Crippen molar-refractivity contribution in [2.75, 3.05) is 13.1 Å². The Kier molecular flexibility index (Phi) is 7.36. The van der Waals surface area contributed by atoms with Crippen molar-refractivity contribution in [1.82, 2.24) is 20.4 Å². The Morgan fingerprint density at radius 1 is 1.12 bits per heavy atom. The first-order valence-electron chi connectivity index (χ1n) is 10.3. The number of carbonyl (C=O) groups is 1. The van der Waals surface area contributed by atoms with E-state index in [0.29, 0.717) is 35.7 Å². The van der Waals surface area contributed by atoms with Crippen LogP contribution in [-0.4, -0.2) is 34.1 Å². The topological polar surface area (TPSA) is 84.4 Å². The highest BCUT2D eigenvalue weighted by atomic mass is 35.5. The molecule has 7 nitrogen and oxygen atoms in total. The maximum absolute atomic E-state index is 12.5. The molecule has 3 heterocycles. The van der Waals surface area contributed by atoms with Crippen LogP contribution >= 0.6 is 22.9 Å². The van der Waals surface area contributed by atoms with Gasteiger partial charge in [0.1, 0.15) is 11.5 Å². The van der Waals surface area contributed by atoms with E-state index in [1.165, 1.54) is 0 Å². The smallest absolute Gasteiger partial charge is 0.257 e. The number of hydrogen-bond donors (Lipinski definition) is 1. The summed E-state index contributed by atoms with van der Waals surface area (Å²) in [4.78, 5) is 15.4. The Morgan fingerprint density at radius 3 is 2.72 bits per heavy atom. The third-order valence-corrected chi connectivity index (χ3v) is 5.82. The van der Waals surface area contributed by atoms with Crippen LogP contribution in [0, 0.1) is 0 Å². The summed E-state index contributed by atoms with van der Waals surface area (Å²) in [7, 11) is 0. The molecule has 0 saturated heterocycles. The van der Waals surface area contributed by atoms with Crippen molar-refractivity contribution in [2.24, 2.45) is 0 Å². The second-order valence-electron chi connectivity index (χ2n) is 7.24. The van der Waals surface area contributed by atoms with Crippen LogP contribution in [0.2, 0.25) is 5.02 Å². The number of furan rings is 1. The summed E-state index contributed by atoms with van der Waals surface area (Å²) in [6.07, 6.45) is 0.905. The van der Waals surface area contributed by atoms with Crippen molar-refractivity contribution < 1.29 is 13.6 Å². The highest BCUT2D eigenvalue weighted by Crippen LogP contribution is 2.24. The molecular weight excluding hydrogens is 448 g/mol. The number of benzene rings is 1. The molecule has 4 rings (SSSR count). The fraction of sp³-hybridized carbons (Fsp3) is 0.261. The third kappa shape index (κ3) is 5.85. The van der Waals surface area contributed by atoms with Crippen molar-refractivity contribution in [3.63, 3.8) is 0 Å². The summed E-state index contributed by atoms with van der Waals surface area (Å²) in [5.74, 6) is 2.32. The number of rotatable bonds is 10. The molecule has 0 aliphatic heterocycles. The minimum atomic E-state index is -0.0964. The lowest BCUT2D eigenvalue weighted by Gasteiger charge is -2.18. The molecule has 0 bridgehead atoms. The number of aromatic nitrogens is 2. The van der Waals surface area contributed by atoms with E-state index >= 15 is 0 Å². The van der Waals surface area contributed by atoms with Crippen molar-refractivity contribution in [1.29, 1.82) is 0 Å². The zero-order valence-electron chi connectivity index (χ0n) is 17.6. The quantitative estimate of drug-likeness (QED) is 0.341. The molecule has 9 heteroatoms. The minimum Gasteiger partial charge on any atom is -0.459 e. The lowest BCUT2D eigenvalue weighted by molar-refractivity contribution is -0.122. The number of halogens is 1. The summed E-state index contributed by atoms with van der Waals surface area (Å²) in [5, 5.41) is 13.8. The van der Waals surface area contributed by atoms with Crippen molar-refractivity contribution in [2.45, 2.75) is 26.4 Å². The van der Waals surface area contributed by atoms with Crippen LogP contribution in [0.15, 0.2) is 62.7 Å². The largest absolute Gasteiger partial charge is 0.459 e. The summed E-state index contributed by atoms with van der Waals surface area (Å²) >= 11 is 7.48. The molecule has 1 amide bonds. The molecule has 0 saturated carbocycles. The summed E-state index contributed by atoms with van der Waals surface area (Å²) in [6.45, 7) is 3.77. The average Bonchev–Trinajstić information content (AvgIpc) is 3.54. The van der Waals surface area contributed by atoms with E-state index in [0.717, 1.165) is 29.2 Å². The fourth-order valence-electron chi connectivity index (χ4n) is 3.23. The van der Waals surface area contributed by atoms with E-state index in [1.807, 2.05) is 58.8 Å². The first-order valence-corrected chi connectivity index (χ1v) is 11.6. The third-order valence-electron chi connectivity index (χ3n) is 4.71. The van der Waals surface area contributed by atoms with Gasteiger partial charge in [-0.2, -0.15) is 0 Å². The predicted molar refractivity (Wildman–Crippen MR) is 124 cm³/mol. The Balaban J connectivity index is 1.30. The number of nitrogens with one attached hydrogen (secondary N) is 1. The number of thiophene rings is 1. The second kappa shape index (κ2) is 10.6. The molecule has 3 aromatic heterocycles. The van der Waals surface area contributed by atoms with Crippen LogP contribution in [0.25, 0.3) is 22.1 Å². The predicted octanol–water partition coefficient (Wildman–Crippen LogP) is 5.24. The van der Waals surface area contributed by atoms with Gasteiger partial charge >= 0.3 is 0 Å². The van der Waals surface area contributed by atoms with Gasteiger partial charge in [0.25, 0.3) is 5.89 Å². The van der Waals surface area contributed by atoms with Gasteiger partial charge < -0.3 is 14.2 Å². The molecule has 32 heavy (non-hydrogen) atoms. The maximum atomic E-state index is 12.5. The molecule has 0 aliphatic rings. The highest BCUT2D eigenvalue weighted by Gasteiger charge is 2.16. The van der Waals surface area contributed by atoms with Crippen LogP contribution in [0.1, 0.15) is 25.0 Å². The van der Waals surface area contributed by atoms with E-state index in [9.17, 15) is 4.79 Å². The van der Waals surface area contributed by atoms with Gasteiger partial charge in [0, 0.05) is 10.6 Å². The van der Waals surface area contributed by atoms with Crippen LogP contribution in [0.5, 0.6) is 0 Å². The standard InChI is InChI=1S/C23H23ClN4O3S/c1-2-11-28(15-22-26-27-23(31-22)20-4-3-12-32-20)14-21(29)25-13-18-9-10-19(30-18)16-5-7-17(24)8-6-16/h3-10,12H,2,11,13-15H2,1H3,(H,25,29). The number of carbonyl (C=O) groups excluding carboxylic acids is 1. The summed E-state index contributed by atoms with van der Waals surface area (Å²) in [5.41, 5.74) is 0.933. The van der Waals surface area contributed by atoms with E-state index in [2.05, 4.69) is 22.4 Å². The van der Waals surface area contributed by atoms with Gasteiger partial charge in [-0.25, -0.2) is 0 Å². The van der Waals surface area contributed by atoms with Crippen LogP contribution in [0.4, 0.5) is 0 Å². The lowest BCUT2D eigenvalue weighted by atomic mass is 10.2. The molecule has 166 valence electrons. The second-order valence-corrected chi connectivity index (χ2v) is 8.62. The van der Waals surface area contributed by atoms with Crippen molar-refractivity contribution >= 4 is 28.8 Å². The number of hydrogen-bond acceptors (Lipinski definition) is 7. The molecule has 1 N–H and O–H groups in total.